The maximum atomic E-state index is 13.8. The number of aromatic nitrogens is 1. The lowest BCUT2D eigenvalue weighted by Crippen LogP contribution is -2.38. The SMILES string of the molecule is O=C1NCC2(C[C@@H]3CC(F)(F)CC[C@H]3[C@@H]2/C=C/c2ccc(O)cn2)O1. The van der Waals surface area contributed by atoms with Gasteiger partial charge in [-0.2, -0.15) is 0 Å². The van der Waals surface area contributed by atoms with Crippen molar-refractivity contribution in [2.75, 3.05) is 6.54 Å². The number of alkyl halides is 2. The predicted octanol–water partition coefficient (Wildman–Crippen LogP) is 3.35. The molecule has 2 N–H and O–H groups in total. The predicted molar refractivity (Wildman–Crippen MR) is 86.0 cm³/mol. The van der Waals surface area contributed by atoms with Crippen LogP contribution in [0.15, 0.2) is 24.4 Å². The Balaban J connectivity index is 1.62. The standard InChI is InChI=1S/C18H20F2N2O3/c19-18(20)6-5-14-11(8-18)7-17(10-22-16(24)25-17)15(14)4-2-12-1-3-13(23)9-21-12/h1-4,9,11,14-15,23H,5-8,10H2,(H,22,24)/b4-2+/t11-,14-,15+,17?/m1/s1. The first-order chi connectivity index (χ1) is 11.9. The van der Waals surface area contributed by atoms with E-state index in [4.69, 9.17) is 4.74 Å². The van der Waals surface area contributed by atoms with Gasteiger partial charge in [0.15, 0.2) is 0 Å². The molecule has 3 aliphatic rings. The van der Waals surface area contributed by atoms with Crippen LogP contribution < -0.4 is 5.32 Å². The zero-order chi connectivity index (χ0) is 17.7. The molecule has 5 nitrogen and oxygen atoms in total. The minimum atomic E-state index is -2.63. The molecule has 2 saturated carbocycles. The second kappa shape index (κ2) is 5.68. The molecule has 3 fully saturated rings. The summed E-state index contributed by atoms with van der Waals surface area (Å²) in [6.45, 7) is 0.350. The Bertz CT molecular complexity index is 707. The molecule has 4 rings (SSSR count). The number of carbonyl (C=O) groups is 1. The summed E-state index contributed by atoms with van der Waals surface area (Å²) in [7, 11) is 0. The number of carbonyl (C=O) groups excluding carboxylic acids is 1. The fraction of sp³-hybridized carbons (Fsp3) is 0.556. The lowest BCUT2D eigenvalue weighted by Gasteiger charge is -2.33. The van der Waals surface area contributed by atoms with Crippen LogP contribution in [0.2, 0.25) is 0 Å². The van der Waals surface area contributed by atoms with Crippen LogP contribution in [0.4, 0.5) is 13.6 Å². The highest BCUT2D eigenvalue weighted by Gasteiger charge is 2.60. The first-order valence-corrected chi connectivity index (χ1v) is 8.55. The van der Waals surface area contributed by atoms with Crippen molar-refractivity contribution in [1.82, 2.24) is 10.3 Å². The van der Waals surface area contributed by atoms with E-state index >= 15 is 0 Å². The monoisotopic (exact) mass is 350 g/mol. The van der Waals surface area contributed by atoms with E-state index in [2.05, 4.69) is 10.3 Å². The van der Waals surface area contributed by atoms with Crippen LogP contribution in [0.25, 0.3) is 6.08 Å². The van der Waals surface area contributed by atoms with Gasteiger partial charge in [-0.05, 0) is 42.9 Å². The van der Waals surface area contributed by atoms with Gasteiger partial charge in [-0.15, -0.1) is 0 Å². The average molecular weight is 350 g/mol. The molecule has 7 heteroatoms. The molecule has 1 aromatic rings. The molecular weight excluding hydrogens is 330 g/mol. The van der Waals surface area contributed by atoms with E-state index in [-0.39, 0.29) is 36.3 Å². The number of pyridine rings is 1. The number of nitrogens with zero attached hydrogens (tertiary/aromatic N) is 1. The van der Waals surface area contributed by atoms with Gasteiger partial charge >= 0.3 is 6.09 Å². The van der Waals surface area contributed by atoms with Crippen molar-refractivity contribution < 1.29 is 23.4 Å². The normalized spacial score (nSPS) is 36.4. The number of halogens is 2. The zero-order valence-electron chi connectivity index (χ0n) is 13.6. The topological polar surface area (TPSA) is 71.5 Å². The number of hydrogen-bond acceptors (Lipinski definition) is 4. The molecule has 1 aliphatic heterocycles. The van der Waals surface area contributed by atoms with Gasteiger partial charge in [0.25, 0.3) is 0 Å². The summed E-state index contributed by atoms with van der Waals surface area (Å²) in [6, 6.07) is 3.22. The minimum Gasteiger partial charge on any atom is -0.506 e. The van der Waals surface area contributed by atoms with Gasteiger partial charge < -0.3 is 15.2 Å². The molecule has 0 radical (unpaired) electrons. The van der Waals surface area contributed by atoms with Crippen molar-refractivity contribution in [3.05, 3.63) is 30.1 Å². The highest BCUT2D eigenvalue weighted by Crippen LogP contribution is 2.56. The highest BCUT2D eigenvalue weighted by atomic mass is 19.3. The molecule has 134 valence electrons. The maximum absolute atomic E-state index is 13.8. The molecule has 1 spiro atoms. The van der Waals surface area contributed by atoms with Crippen molar-refractivity contribution in [3.63, 3.8) is 0 Å². The molecule has 4 atom stereocenters. The zero-order valence-corrected chi connectivity index (χ0v) is 13.6. The Hall–Kier alpha value is -2.18. The summed E-state index contributed by atoms with van der Waals surface area (Å²) in [5, 5.41) is 12.0. The third-order valence-corrected chi connectivity index (χ3v) is 5.76. The van der Waals surface area contributed by atoms with E-state index in [0.29, 0.717) is 25.1 Å². The Morgan fingerprint density at radius 3 is 2.88 bits per heavy atom. The summed E-state index contributed by atoms with van der Waals surface area (Å²) in [6.07, 6.45) is 5.25. The van der Waals surface area contributed by atoms with Gasteiger partial charge in [0.1, 0.15) is 11.4 Å². The fourth-order valence-electron chi connectivity index (χ4n) is 4.71. The van der Waals surface area contributed by atoms with Crippen LogP contribution in [0.5, 0.6) is 5.75 Å². The molecule has 2 heterocycles. The number of amides is 1. The Labute approximate surface area is 144 Å². The van der Waals surface area contributed by atoms with E-state index < -0.39 is 17.6 Å². The summed E-state index contributed by atoms with van der Waals surface area (Å²) < 4.78 is 33.3. The first kappa shape index (κ1) is 16.3. The highest BCUT2D eigenvalue weighted by molar-refractivity contribution is 5.70. The average Bonchev–Trinajstić information content (AvgIpc) is 3.05. The summed E-state index contributed by atoms with van der Waals surface area (Å²) in [5.74, 6) is -2.75. The van der Waals surface area contributed by atoms with Crippen molar-refractivity contribution in [3.8, 4) is 5.75 Å². The Morgan fingerprint density at radius 2 is 2.20 bits per heavy atom. The molecule has 2 aliphatic carbocycles. The maximum Gasteiger partial charge on any atom is 0.407 e. The third kappa shape index (κ3) is 2.96. The largest absolute Gasteiger partial charge is 0.506 e. The summed E-state index contributed by atoms with van der Waals surface area (Å²) in [4.78, 5) is 15.8. The summed E-state index contributed by atoms with van der Waals surface area (Å²) in [5.41, 5.74) is -0.0879. The second-order valence-electron chi connectivity index (χ2n) is 7.36. The molecule has 25 heavy (non-hydrogen) atoms. The van der Waals surface area contributed by atoms with Crippen LogP contribution >= 0.6 is 0 Å². The lowest BCUT2D eigenvalue weighted by atomic mass is 9.75. The quantitative estimate of drug-likeness (QED) is 0.858. The molecule has 1 aromatic heterocycles. The van der Waals surface area contributed by atoms with E-state index in [1.54, 1.807) is 6.07 Å². The van der Waals surface area contributed by atoms with E-state index in [1.807, 2.05) is 12.2 Å². The second-order valence-corrected chi connectivity index (χ2v) is 7.36. The smallest absolute Gasteiger partial charge is 0.407 e. The number of aromatic hydroxyl groups is 1. The number of nitrogens with one attached hydrogen (secondary N) is 1. The van der Waals surface area contributed by atoms with Gasteiger partial charge in [0.2, 0.25) is 5.92 Å². The van der Waals surface area contributed by atoms with Crippen LogP contribution in [0.3, 0.4) is 0 Å². The third-order valence-electron chi connectivity index (χ3n) is 5.76. The molecule has 0 aromatic carbocycles. The van der Waals surface area contributed by atoms with Crippen molar-refractivity contribution in [1.29, 1.82) is 0 Å². The molecule has 1 amide bonds. The van der Waals surface area contributed by atoms with Crippen molar-refractivity contribution in [2.45, 2.75) is 37.2 Å². The van der Waals surface area contributed by atoms with Gasteiger partial charge in [0, 0.05) is 18.8 Å². The minimum absolute atomic E-state index is 0.0701. The summed E-state index contributed by atoms with van der Waals surface area (Å²) >= 11 is 0. The van der Waals surface area contributed by atoms with Gasteiger partial charge in [-0.1, -0.05) is 6.08 Å². The fourth-order valence-corrected chi connectivity index (χ4v) is 4.71. The van der Waals surface area contributed by atoms with Gasteiger partial charge in [-0.25, -0.2) is 13.6 Å². The molecule has 1 saturated heterocycles. The number of ether oxygens (including phenoxy) is 1. The number of rotatable bonds is 2. The van der Waals surface area contributed by atoms with Crippen molar-refractivity contribution >= 4 is 12.2 Å². The van der Waals surface area contributed by atoms with Gasteiger partial charge in [0.05, 0.1) is 18.4 Å². The van der Waals surface area contributed by atoms with Crippen LogP contribution in [-0.4, -0.2) is 34.3 Å². The van der Waals surface area contributed by atoms with Gasteiger partial charge in [-0.3, -0.25) is 4.98 Å². The molecule has 0 bridgehead atoms. The van der Waals surface area contributed by atoms with E-state index in [0.717, 1.165) is 0 Å². The number of hydrogen-bond donors (Lipinski definition) is 2. The van der Waals surface area contributed by atoms with E-state index in [1.165, 1.54) is 12.3 Å². The van der Waals surface area contributed by atoms with Crippen LogP contribution in [0, 0.1) is 17.8 Å². The lowest BCUT2D eigenvalue weighted by molar-refractivity contribution is -0.0659. The number of fused-ring (bicyclic) bond motifs is 1. The van der Waals surface area contributed by atoms with Crippen LogP contribution in [0.1, 0.15) is 31.4 Å². The Kier molecular flexibility index (Phi) is 3.70. The van der Waals surface area contributed by atoms with E-state index in [9.17, 15) is 18.7 Å². The molecular formula is C18H20F2N2O3. The number of alkyl carbamates (subject to hydrolysis) is 1. The van der Waals surface area contributed by atoms with Crippen molar-refractivity contribution in [2.24, 2.45) is 17.8 Å². The van der Waals surface area contributed by atoms with Crippen LogP contribution in [-0.2, 0) is 4.74 Å². The molecule has 1 unspecified atom stereocenters. The Morgan fingerprint density at radius 1 is 1.36 bits per heavy atom. The first-order valence-electron chi connectivity index (χ1n) is 8.55.